The van der Waals surface area contributed by atoms with E-state index in [4.69, 9.17) is 16.4 Å². The largest absolute Gasteiger partial charge is 0.373 e. The third-order valence-electron chi connectivity index (χ3n) is 2.96. The van der Waals surface area contributed by atoms with E-state index in [0.717, 1.165) is 19.3 Å². The summed E-state index contributed by atoms with van der Waals surface area (Å²) in [6, 6.07) is 2.34. The van der Waals surface area contributed by atoms with Gasteiger partial charge < -0.3 is 4.74 Å². The monoisotopic (exact) mass is 161 g/mol. The smallest absolute Gasteiger partial charge is 0.0967 e. The second-order valence-electron chi connectivity index (χ2n) is 3.68. The average Bonchev–Trinajstić information content (AvgIpc) is 2.64. The van der Waals surface area contributed by atoms with Crippen molar-refractivity contribution in [3.05, 3.63) is 0 Å². The molecule has 2 fully saturated rings. The van der Waals surface area contributed by atoms with E-state index in [1.807, 2.05) is 0 Å². The van der Waals surface area contributed by atoms with Crippen LogP contribution in [0.15, 0.2) is 0 Å². The first-order chi connectivity index (χ1) is 5.80. The molecule has 62 valence electrons. The summed E-state index contributed by atoms with van der Waals surface area (Å²) in [6.07, 6.45) is 9.18. The molecule has 2 heterocycles. The molecule has 2 bridgehead atoms. The standard InChI is InChI=1S/C10H11NO/c1-2-5-10(7-11)6-8-3-4-9(10)12-8/h1,8-9H,3-6H2. The molecule has 0 N–H and O–H groups in total. The lowest BCUT2D eigenvalue weighted by molar-refractivity contribution is 0.0800. The molecule has 3 atom stereocenters. The van der Waals surface area contributed by atoms with E-state index in [9.17, 15) is 0 Å². The van der Waals surface area contributed by atoms with E-state index in [0.29, 0.717) is 12.5 Å². The van der Waals surface area contributed by atoms with Crippen LogP contribution in [-0.2, 0) is 4.74 Å². The first-order valence-corrected chi connectivity index (χ1v) is 4.31. The fourth-order valence-electron chi connectivity index (χ4n) is 2.33. The van der Waals surface area contributed by atoms with Crippen LogP contribution in [0.5, 0.6) is 0 Å². The molecule has 0 aromatic carbocycles. The molecule has 2 saturated heterocycles. The zero-order valence-corrected chi connectivity index (χ0v) is 6.92. The summed E-state index contributed by atoms with van der Waals surface area (Å²) in [5.74, 6) is 2.58. The minimum atomic E-state index is -0.350. The molecule has 0 aliphatic carbocycles. The number of terminal acetylenes is 1. The van der Waals surface area contributed by atoms with Crippen molar-refractivity contribution in [2.45, 2.75) is 37.9 Å². The van der Waals surface area contributed by atoms with Gasteiger partial charge in [0, 0.05) is 6.42 Å². The maximum Gasteiger partial charge on any atom is 0.0967 e. The van der Waals surface area contributed by atoms with Crippen LogP contribution in [0, 0.1) is 29.1 Å². The molecule has 12 heavy (non-hydrogen) atoms. The molecule has 0 radical (unpaired) electrons. The first kappa shape index (κ1) is 7.65. The van der Waals surface area contributed by atoms with Crippen LogP contribution in [0.3, 0.4) is 0 Å². The van der Waals surface area contributed by atoms with Crippen LogP contribution in [0.1, 0.15) is 25.7 Å². The SMILES string of the molecule is C#CCC1(C#N)CC2CCC1O2. The lowest BCUT2D eigenvalue weighted by atomic mass is 9.73. The van der Waals surface area contributed by atoms with Crippen molar-refractivity contribution in [2.75, 3.05) is 0 Å². The summed E-state index contributed by atoms with van der Waals surface area (Å²) in [5.41, 5.74) is -0.350. The fourth-order valence-corrected chi connectivity index (χ4v) is 2.33. The van der Waals surface area contributed by atoms with Crippen LogP contribution in [-0.4, -0.2) is 12.2 Å². The lowest BCUT2D eigenvalue weighted by Gasteiger charge is -2.25. The summed E-state index contributed by atoms with van der Waals surface area (Å²) in [4.78, 5) is 0. The average molecular weight is 161 g/mol. The van der Waals surface area contributed by atoms with Crippen molar-refractivity contribution in [3.63, 3.8) is 0 Å². The molecule has 0 amide bonds. The van der Waals surface area contributed by atoms with Gasteiger partial charge in [-0.25, -0.2) is 0 Å². The highest BCUT2D eigenvalue weighted by Crippen LogP contribution is 2.49. The maximum absolute atomic E-state index is 9.04. The van der Waals surface area contributed by atoms with E-state index >= 15 is 0 Å². The van der Waals surface area contributed by atoms with Gasteiger partial charge in [0.25, 0.3) is 0 Å². The summed E-state index contributed by atoms with van der Waals surface area (Å²) >= 11 is 0. The Morgan fingerprint density at radius 1 is 1.58 bits per heavy atom. The van der Waals surface area contributed by atoms with Gasteiger partial charge in [-0.2, -0.15) is 5.26 Å². The van der Waals surface area contributed by atoms with Crippen LogP contribution in [0.4, 0.5) is 0 Å². The minimum Gasteiger partial charge on any atom is -0.373 e. The van der Waals surface area contributed by atoms with Crippen LogP contribution in [0.2, 0.25) is 0 Å². The fraction of sp³-hybridized carbons (Fsp3) is 0.700. The number of fused-ring (bicyclic) bond motifs is 2. The van der Waals surface area contributed by atoms with Crippen LogP contribution in [0.25, 0.3) is 0 Å². The number of hydrogen-bond donors (Lipinski definition) is 0. The predicted octanol–water partition coefficient (Wildman–Crippen LogP) is 1.47. The van der Waals surface area contributed by atoms with Crippen molar-refractivity contribution in [1.82, 2.24) is 0 Å². The topological polar surface area (TPSA) is 33.0 Å². The van der Waals surface area contributed by atoms with Crippen molar-refractivity contribution < 1.29 is 4.74 Å². The zero-order chi connectivity index (χ0) is 8.60. The number of ether oxygens (including phenoxy) is 1. The molecule has 2 aliphatic rings. The van der Waals surface area contributed by atoms with E-state index in [2.05, 4.69) is 12.0 Å². The number of rotatable bonds is 1. The highest BCUT2D eigenvalue weighted by Gasteiger charge is 2.52. The van der Waals surface area contributed by atoms with E-state index in [1.54, 1.807) is 0 Å². The van der Waals surface area contributed by atoms with Crippen molar-refractivity contribution in [2.24, 2.45) is 5.41 Å². The Hall–Kier alpha value is -0.990. The van der Waals surface area contributed by atoms with Gasteiger partial charge in [0.05, 0.1) is 23.7 Å². The molecule has 2 aliphatic heterocycles. The van der Waals surface area contributed by atoms with Crippen LogP contribution < -0.4 is 0 Å². The van der Waals surface area contributed by atoms with Crippen LogP contribution >= 0.6 is 0 Å². The van der Waals surface area contributed by atoms with Crippen molar-refractivity contribution in [3.8, 4) is 18.4 Å². The second kappa shape index (κ2) is 2.51. The lowest BCUT2D eigenvalue weighted by Crippen LogP contribution is -2.30. The summed E-state index contributed by atoms with van der Waals surface area (Å²) in [7, 11) is 0. The molecule has 2 rings (SSSR count). The zero-order valence-electron chi connectivity index (χ0n) is 6.92. The maximum atomic E-state index is 9.04. The van der Waals surface area contributed by atoms with Gasteiger partial charge in [0.1, 0.15) is 0 Å². The van der Waals surface area contributed by atoms with E-state index in [-0.39, 0.29) is 11.5 Å². The second-order valence-corrected chi connectivity index (χ2v) is 3.68. The molecule has 3 unspecified atom stereocenters. The molecule has 2 nitrogen and oxygen atoms in total. The Morgan fingerprint density at radius 3 is 2.83 bits per heavy atom. The Balaban J connectivity index is 2.22. The Bertz CT molecular complexity index is 273. The van der Waals surface area contributed by atoms with Gasteiger partial charge in [-0.15, -0.1) is 12.3 Å². The highest BCUT2D eigenvalue weighted by atomic mass is 16.5. The predicted molar refractivity (Wildman–Crippen MR) is 44.0 cm³/mol. The molecule has 0 saturated carbocycles. The van der Waals surface area contributed by atoms with Gasteiger partial charge >= 0.3 is 0 Å². The Kier molecular flexibility index (Phi) is 1.60. The molecule has 2 heteroatoms. The van der Waals surface area contributed by atoms with Crippen molar-refractivity contribution in [1.29, 1.82) is 5.26 Å². The quantitative estimate of drug-likeness (QED) is 0.545. The third kappa shape index (κ3) is 0.854. The van der Waals surface area contributed by atoms with Crippen molar-refractivity contribution >= 4 is 0 Å². The first-order valence-electron chi connectivity index (χ1n) is 4.31. The summed E-state index contributed by atoms with van der Waals surface area (Å²) in [6.45, 7) is 0. The molecular formula is C10H11NO. The number of hydrogen-bond acceptors (Lipinski definition) is 2. The van der Waals surface area contributed by atoms with Gasteiger partial charge in [0.2, 0.25) is 0 Å². The molecule has 0 spiro atoms. The number of nitrogens with zero attached hydrogens (tertiary/aromatic N) is 1. The Labute approximate surface area is 72.5 Å². The highest BCUT2D eigenvalue weighted by molar-refractivity contribution is 5.16. The minimum absolute atomic E-state index is 0.114. The Morgan fingerprint density at radius 2 is 2.42 bits per heavy atom. The third-order valence-corrected chi connectivity index (χ3v) is 2.96. The van der Waals surface area contributed by atoms with Gasteiger partial charge in [0.15, 0.2) is 0 Å². The molecular weight excluding hydrogens is 150 g/mol. The summed E-state index contributed by atoms with van der Waals surface area (Å²) in [5, 5.41) is 9.04. The summed E-state index contributed by atoms with van der Waals surface area (Å²) < 4.78 is 5.61. The van der Waals surface area contributed by atoms with Gasteiger partial charge in [-0.3, -0.25) is 0 Å². The molecule has 0 aromatic heterocycles. The normalized spacial score (nSPS) is 43.8. The van der Waals surface area contributed by atoms with Gasteiger partial charge in [-0.05, 0) is 19.3 Å². The molecule has 0 aromatic rings. The van der Waals surface area contributed by atoms with E-state index in [1.165, 1.54) is 0 Å². The van der Waals surface area contributed by atoms with E-state index < -0.39 is 0 Å². The van der Waals surface area contributed by atoms with Gasteiger partial charge in [-0.1, -0.05) is 0 Å². The number of nitriles is 1.